The molecule has 1 amide bonds. The molecular formula is C23H20ClN3O2S. The summed E-state index contributed by atoms with van der Waals surface area (Å²) in [7, 11) is 0. The van der Waals surface area contributed by atoms with Gasteiger partial charge in [-0.25, -0.2) is 0 Å². The Bertz CT molecular complexity index is 1170. The smallest absolute Gasteiger partial charge is 0.266 e. The molecule has 0 bridgehead atoms. The summed E-state index contributed by atoms with van der Waals surface area (Å²) in [5.74, 6) is 1.12. The zero-order valence-electron chi connectivity index (χ0n) is 16.3. The van der Waals surface area contributed by atoms with Gasteiger partial charge in [-0.3, -0.25) is 9.48 Å². The number of carbonyl (C=O) groups excluding carboxylic acids is 1. The summed E-state index contributed by atoms with van der Waals surface area (Å²) in [4.78, 5) is 13.2. The number of nitrogens with one attached hydrogen (secondary N) is 1. The number of hydrogen-bond donors (Lipinski definition) is 1. The molecule has 4 rings (SSSR count). The molecule has 5 nitrogen and oxygen atoms in total. The van der Waals surface area contributed by atoms with Crippen molar-refractivity contribution in [3.05, 3.63) is 98.8 Å². The minimum atomic E-state index is -0.190. The second-order valence-corrected chi connectivity index (χ2v) is 8.19. The van der Waals surface area contributed by atoms with Gasteiger partial charge in [0.1, 0.15) is 12.4 Å². The fraction of sp³-hybridized carbons (Fsp3) is 0.130. The van der Waals surface area contributed by atoms with Gasteiger partial charge in [0.05, 0.1) is 11.4 Å². The van der Waals surface area contributed by atoms with Crippen LogP contribution in [0.5, 0.6) is 5.75 Å². The van der Waals surface area contributed by atoms with E-state index in [0.717, 1.165) is 22.4 Å². The first-order chi connectivity index (χ1) is 14.6. The Morgan fingerprint density at radius 3 is 2.87 bits per heavy atom. The number of ether oxygens (including phenoxy) is 1. The van der Waals surface area contributed by atoms with E-state index in [9.17, 15) is 4.79 Å². The highest BCUT2D eigenvalue weighted by Crippen LogP contribution is 2.20. The number of halogens is 1. The Morgan fingerprint density at radius 2 is 2.03 bits per heavy atom. The van der Waals surface area contributed by atoms with Gasteiger partial charge in [-0.2, -0.15) is 5.10 Å². The lowest BCUT2D eigenvalue weighted by molar-refractivity contribution is 0.103. The SMILES string of the molecule is Cc1cccc(OCc2csc(C(=O)Nc3ccn(Cc4ccccc4Cl)n3)c2)c1. The fourth-order valence-electron chi connectivity index (χ4n) is 2.94. The maximum absolute atomic E-state index is 12.6. The number of amides is 1. The van der Waals surface area contributed by atoms with Crippen LogP contribution in [-0.2, 0) is 13.2 Å². The summed E-state index contributed by atoms with van der Waals surface area (Å²) in [6, 6.07) is 19.1. The molecule has 0 fully saturated rings. The summed E-state index contributed by atoms with van der Waals surface area (Å²) >= 11 is 7.58. The van der Waals surface area contributed by atoms with Crippen molar-refractivity contribution in [3.63, 3.8) is 0 Å². The molecule has 0 unspecified atom stereocenters. The van der Waals surface area contributed by atoms with Crippen LogP contribution in [0.15, 0.2) is 72.2 Å². The van der Waals surface area contributed by atoms with Gasteiger partial charge in [-0.1, -0.05) is 41.9 Å². The Labute approximate surface area is 183 Å². The van der Waals surface area contributed by atoms with Crippen molar-refractivity contribution in [3.8, 4) is 5.75 Å². The highest BCUT2D eigenvalue weighted by atomic mass is 35.5. The van der Waals surface area contributed by atoms with Gasteiger partial charge in [0.15, 0.2) is 5.82 Å². The molecule has 2 aromatic heterocycles. The van der Waals surface area contributed by atoms with Gasteiger partial charge in [0.25, 0.3) is 5.91 Å². The van der Waals surface area contributed by atoms with Gasteiger partial charge in [-0.15, -0.1) is 11.3 Å². The fourth-order valence-corrected chi connectivity index (χ4v) is 3.93. The van der Waals surface area contributed by atoms with E-state index in [0.29, 0.717) is 28.9 Å². The normalized spacial score (nSPS) is 10.7. The van der Waals surface area contributed by atoms with Crippen LogP contribution >= 0.6 is 22.9 Å². The molecular weight excluding hydrogens is 418 g/mol. The van der Waals surface area contributed by atoms with E-state index in [1.165, 1.54) is 11.3 Å². The molecule has 0 saturated carbocycles. The van der Waals surface area contributed by atoms with E-state index >= 15 is 0 Å². The van der Waals surface area contributed by atoms with Gasteiger partial charge < -0.3 is 10.1 Å². The van der Waals surface area contributed by atoms with E-state index < -0.39 is 0 Å². The minimum absolute atomic E-state index is 0.190. The molecule has 2 aromatic carbocycles. The third kappa shape index (κ3) is 5.09. The standard InChI is InChI=1S/C23H20ClN3O2S/c1-16-5-4-7-19(11-16)29-14-17-12-21(30-15-17)23(28)25-22-9-10-27(26-22)13-18-6-2-3-8-20(18)24/h2-12,15H,13-14H2,1H3,(H,25,26,28). The quantitative estimate of drug-likeness (QED) is 0.398. The molecule has 0 aliphatic rings. The Kier molecular flexibility index (Phi) is 6.16. The average molecular weight is 438 g/mol. The van der Waals surface area contributed by atoms with Crippen LogP contribution in [0.4, 0.5) is 5.82 Å². The van der Waals surface area contributed by atoms with E-state index in [4.69, 9.17) is 16.3 Å². The van der Waals surface area contributed by atoms with Gasteiger partial charge in [0, 0.05) is 22.8 Å². The molecule has 2 heterocycles. The first-order valence-electron chi connectivity index (χ1n) is 9.42. The zero-order valence-corrected chi connectivity index (χ0v) is 17.9. The van der Waals surface area contributed by atoms with Gasteiger partial charge in [0.2, 0.25) is 0 Å². The summed E-state index contributed by atoms with van der Waals surface area (Å²) in [5, 5.41) is 9.87. The van der Waals surface area contributed by atoms with Crippen molar-refractivity contribution in [2.24, 2.45) is 0 Å². The Hall–Kier alpha value is -3.09. The lowest BCUT2D eigenvalue weighted by Gasteiger charge is -2.05. The van der Waals surface area contributed by atoms with Crippen LogP contribution < -0.4 is 10.1 Å². The van der Waals surface area contributed by atoms with E-state index in [1.807, 2.05) is 73.1 Å². The highest BCUT2D eigenvalue weighted by molar-refractivity contribution is 7.12. The number of rotatable bonds is 7. The number of nitrogens with zero attached hydrogens (tertiary/aromatic N) is 2. The maximum Gasteiger partial charge on any atom is 0.266 e. The largest absolute Gasteiger partial charge is 0.489 e. The molecule has 0 saturated heterocycles. The predicted octanol–water partition coefficient (Wildman–Crippen LogP) is 5.79. The second-order valence-electron chi connectivity index (χ2n) is 6.87. The predicted molar refractivity (Wildman–Crippen MR) is 121 cm³/mol. The third-order valence-corrected chi connectivity index (χ3v) is 5.79. The summed E-state index contributed by atoms with van der Waals surface area (Å²) < 4.78 is 7.54. The molecule has 4 aromatic rings. The molecule has 0 spiro atoms. The number of thiophene rings is 1. The first-order valence-corrected chi connectivity index (χ1v) is 10.7. The third-order valence-electron chi connectivity index (χ3n) is 4.45. The summed E-state index contributed by atoms with van der Waals surface area (Å²) in [6.07, 6.45) is 1.81. The zero-order chi connectivity index (χ0) is 20.9. The molecule has 7 heteroatoms. The topological polar surface area (TPSA) is 56.1 Å². The number of aromatic nitrogens is 2. The van der Waals surface area contributed by atoms with Crippen molar-refractivity contribution >= 4 is 34.7 Å². The van der Waals surface area contributed by atoms with Gasteiger partial charge in [-0.05, 0) is 47.7 Å². The molecule has 30 heavy (non-hydrogen) atoms. The van der Waals surface area contributed by atoms with E-state index in [1.54, 1.807) is 10.7 Å². The Morgan fingerprint density at radius 1 is 1.17 bits per heavy atom. The minimum Gasteiger partial charge on any atom is -0.489 e. The number of hydrogen-bond acceptors (Lipinski definition) is 4. The molecule has 0 aliphatic heterocycles. The van der Waals surface area contributed by atoms with Crippen LogP contribution in [-0.4, -0.2) is 15.7 Å². The van der Waals surface area contributed by atoms with Crippen LogP contribution in [0.1, 0.15) is 26.4 Å². The second kappa shape index (κ2) is 9.15. The average Bonchev–Trinajstić information content (AvgIpc) is 3.38. The van der Waals surface area contributed by atoms with Crippen LogP contribution in [0, 0.1) is 6.92 Å². The number of carbonyl (C=O) groups is 1. The van der Waals surface area contributed by atoms with Gasteiger partial charge >= 0.3 is 0 Å². The van der Waals surface area contributed by atoms with Crippen LogP contribution in [0.2, 0.25) is 5.02 Å². The highest BCUT2D eigenvalue weighted by Gasteiger charge is 2.12. The van der Waals surface area contributed by atoms with Crippen LogP contribution in [0.25, 0.3) is 0 Å². The Balaban J connectivity index is 1.34. The monoisotopic (exact) mass is 437 g/mol. The lowest BCUT2D eigenvalue weighted by Crippen LogP contribution is -2.11. The molecule has 1 N–H and O–H groups in total. The van der Waals surface area contributed by atoms with Crippen molar-refractivity contribution in [2.75, 3.05) is 5.32 Å². The summed E-state index contributed by atoms with van der Waals surface area (Å²) in [5.41, 5.74) is 3.07. The van der Waals surface area contributed by atoms with E-state index in [2.05, 4.69) is 10.4 Å². The van der Waals surface area contributed by atoms with Crippen LogP contribution in [0.3, 0.4) is 0 Å². The number of anilines is 1. The molecule has 0 atom stereocenters. The van der Waals surface area contributed by atoms with Crippen molar-refractivity contribution in [1.82, 2.24) is 9.78 Å². The van der Waals surface area contributed by atoms with Crippen molar-refractivity contribution in [1.29, 1.82) is 0 Å². The van der Waals surface area contributed by atoms with Crippen molar-refractivity contribution < 1.29 is 9.53 Å². The molecule has 152 valence electrons. The summed E-state index contributed by atoms with van der Waals surface area (Å²) in [6.45, 7) is 2.98. The van der Waals surface area contributed by atoms with E-state index in [-0.39, 0.29) is 5.91 Å². The van der Waals surface area contributed by atoms with Crippen molar-refractivity contribution in [2.45, 2.75) is 20.1 Å². The maximum atomic E-state index is 12.6. The lowest BCUT2D eigenvalue weighted by atomic mass is 10.2. The molecule has 0 radical (unpaired) electrons. The number of benzene rings is 2. The molecule has 0 aliphatic carbocycles. The number of aryl methyl sites for hydroxylation is 1. The first kappa shape index (κ1) is 20.2.